The van der Waals surface area contributed by atoms with Gasteiger partial charge < -0.3 is 10.8 Å². The van der Waals surface area contributed by atoms with E-state index in [2.05, 4.69) is 4.98 Å². The van der Waals surface area contributed by atoms with Gasteiger partial charge in [0.05, 0.1) is 16.7 Å². The SMILES string of the molecule is Cc1c(Cl)cccc1-n1c(C(C)O)nc2cc(N)ccc21. The van der Waals surface area contributed by atoms with E-state index in [4.69, 9.17) is 17.3 Å². The molecule has 3 aromatic rings. The van der Waals surface area contributed by atoms with Crippen LogP contribution in [0.2, 0.25) is 5.02 Å². The number of anilines is 1. The fraction of sp³-hybridized carbons (Fsp3) is 0.188. The van der Waals surface area contributed by atoms with E-state index in [0.29, 0.717) is 16.5 Å². The third-order valence-corrected chi connectivity index (χ3v) is 3.97. The number of nitrogens with zero attached hydrogens (tertiary/aromatic N) is 2. The Morgan fingerprint density at radius 3 is 2.76 bits per heavy atom. The number of nitrogens with two attached hydrogens (primary N) is 1. The number of halogens is 1. The van der Waals surface area contributed by atoms with Crippen LogP contribution in [0.5, 0.6) is 0 Å². The van der Waals surface area contributed by atoms with Gasteiger partial charge in [-0.2, -0.15) is 0 Å². The quantitative estimate of drug-likeness (QED) is 0.711. The molecular weight excluding hydrogens is 286 g/mol. The Balaban J connectivity index is 2.39. The molecule has 0 bridgehead atoms. The highest BCUT2D eigenvalue weighted by molar-refractivity contribution is 6.31. The van der Waals surface area contributed by atoms with Crippen molar-refractivity contribution in [1.82, 2.24) is 9.55 Å². The van der Waals surface area contributed by atoms with E-state index >= 15 is 0 Å². The highest BCUT2D eigenvalue weighted by atomic mass is 35.5. The molecule has 4 nitrogen and oxygen atoms in total. The number of hydrogen-bond donors (Lipinski definition) is 2. The van der Waals surface area contributed by atoms with Crippen LogP contribution >= 0.6 is 11.6 Å². The Bertz CT molecular complexity index is 824. The molecule has 1 heterocycles. The number of aromatic nitrogens is 2. The summed E-state index contributed by atoms with van der Waals surface area (Å²) in [5, 5.41) is 10.7. The standard InChI is InChI=1S/C16H16ClN3O/c1-9-12(17)4-3-5-14(9)20-15-7-6-11(18)8-13(15)19-16(20)10(2)21/h3-8,10,21H,18H2,1-2H3. The van der Waals surface area contributed by atoms with Crippen molar-refractivity contribution >= 4 is 28.3 Å². The van der Waals surface area contributed by atoms with Crippen LogP contribution in [0.15, 0.2) is 36.4 Å². The van der Waals surface area contributed by atoms with Crippen LogP contribution in [0.25, 0.3) is 16.7 Å². The zero-order valence-electron chi connectivity index (χ0n) is 11.8. The van der Waals surface area contributed by atoms with Crippen molar-refractivity contribution in [2.45, 2.75) is 20.0 Å². The molecule has 0 amide bonds. The number of imidazole rings is 1. The summed E-state index contributed by atoms with van der Waals surface area (Å²) >= 11 is 6.22. The van der Waals surface area contributed by atoms with Crippen molar-refractivity contribution in [1.29, 1.82) is 0 Å². The number of aliphatic hydroxyl groups is 1. The van der Waals surface area contributed by atoms with Gasteiger partial charge in [0.15, 0.2) is 0 Å². The lowest BCUT2D eigenvalue weighted by atomic mass is 10.2. The molecule has 3 N–H and O–H groups in total. The average molecular weight is 302 g/mol. The first-order valence-electron chi connectivity index (χ1n) is 6.70. The molecule has 1 unspecified atom stereocenters. The average Bonchev–Trinajstić information content (AvgIpc) is 2.80. The first-order chi connectivity index (χ1) is 9.99. The lowest BCUT2D eigenvalue weighted by molar-refractivity contribution is 0.187. The molecule has 0 spiro atoms. The van der Waals surface area contributed by atoms with Gasteiger partial charge in [-0.1, -0.05) is 17.7 Å². The summed E-state index contributed by atoms with van der Waals surface area (Å²) in [5.74, 6) is 0.570. The minimum Gasteiger partial charge on any atom is -0.399 e. The van der Waals surface area contributed by atoms with E-state index in [9.17, 15) is 5.11 Å². The number of nitrogen functional groups attached to an aromatic ring is 1. The van der Waals surface area contributed by atoms with E-state index in [1.54, 1.807) is 13.0 Å². The van der Waals surface area contributed by atoms with Crippen LogP contribution in [0.1, 0.15) is 24.4 Å². The summed E-state index contributed by atoms with van der Waals surface area (Å²) in [6.45, 7) is 3.65. The van der Waals surface area contributed by atoms with Crippen molar-refractivity contribution in [2.24, 2.45) is 0 Å². The molecule has 0 fully saturated rings. The normalized spacial score (nSPS) is 12.8. The molecule has 1 aromatic heterocycles. The predicted octanol–water partition coefficient (Wildman–Crippen LogP) is 3.62. The van der Waals surface area contributed by atoms with Gasteiger partial charge in [0.25, 0.3) is 0 Å². The van der Waals surface area contributed by atoms with Crippen LogP contribution in [-0.2, 0) is 0 Å². The molecular formula is C16H16ClN3O. The predicted molar refractivity (Wildman–Crippen MR) is 85.9 cm³/mol. The van der Waals surface area contributed by atoms with Crippen molar-refractivity contribution < 1.29 is 5.11 Å². The molecule has 1 atom stereocenters. The number of rotatable bonds is 2. The Morgan fingerprint density at radius 1 is 1.29 bits per heavy atom. The molecule has 5 heteroatoms. The van der Waals surface area contributed by atoms with Crippen LogP contribution in [-0.4, -0.2) is 14.7 Å². The van der Waals surface area contributed by atoms with E-state index in [1.165, 1.54) is 0 Å². The van der Waals surface area contributed by atoms with Crippen molar-refractivity contribution in [3.8, 4) is 5.69 Å². The van der Waals surface area contributed by atoms with Gasteiger partial charge in [-0.3, -0.25) is 4.57 Å². The summed E-state index contributed by atoms with van der Waals surface area (Å²) in [6, 6.07) is 11.2. The highest BCUT2D eigenvalue weighted by Gasteiger charge is 2.18. The van der Waals surface area contributed by atoms with Crippen LogP contribution in [0.3, 0.4) is 0 Å². The minimum atomic E-state index is -0.697. The van der Waals surface area contributed by atoms with Gasteiger partial charge >= 0.3 is 0 Å². The molecule has 0 saturated carbocycles. The number of benzene rings is 2. The maximum absolute atomic E-state index is 10.0. The molecule has 3 rings (SSSR count). The fourth-order valence-corrected chi connectivity index (χ4v) is 2.66. The number of aliphatic hydroxyl groups excluding tert-OH is 1. The van der Waals surface area contributed by atoms with Crippen molar-refractivity contribution in [2.75, 3.05) is 5.73 Å². The van der Waals surface area contributed by atoms with Crippen LogP contribution < -0.4 is 5.73 Å². The highest BCUT2D eigenvalue weighted by Crippen LogP contribution is 2.30. The molecule has 21 heavy (non-hydrogen) atoms. The Hall–Kier alpha value is -2.04. The lowest BCUT2D eigenvalue weighted by Crippen LogP contribution is -2.06. The molecule has 2 aromatic carbocycles. The zero-order valence-corrected chi connectivity index (χ0v) is 12.6. The minimum absolute atomic E-state index is 0.570. The summed E-state index contributed by atoms with van der Waals surface area (Å²) < 4.78 is 1.93. The zero-order chi connectivity index (χ0) is 15.1. The monoisotopic (exact) mass is 301 g/mol. The Morgan fingerprint density at radius 2 is 2.05 bits per heavy atom. The fourth-order valence-electron chi connectivity index (χ4n) is 2.49. The molecule has 0 saturated heterocycles. The second kappa shape index (κ2) is 5.06. The van der Waals surface area contributed by atoms with E-state index < -0.39 is 6.10 Å². The third-order valence-electron chi connectivity index (χ3n) is 3.56. The van der Waals surface area contributed by atoms with Gasteiger partial charge in [0, 0.05) is 10.7 Å². The van der Waals surface area contributed by atoms with E-state index in [1.807, 2.05) is 41.8 Å². The summed E-state index contributed by atoms with van der Waals surface area (Å²) in [4.78, 5) is 4.51. The molecule has 108 valence electrons. The molecule has 0 radical (unpaired) electrons. The summed E-state index contributed by atoms with van der Waals surface area (Å²) in [6.07, 6.45) is -0.697. The number of hydrogen-bond acceptors (Lipinski definition) is 3. The Kier molecular flexibility index (Phi) is 3.35. The summed E-state index contributed by atoms with van der Waals surface area (Å²) in [7, 11) is 0. The van der Waals surface area contributed by atoms with Crippen LogP contribution in [0, 0.1) is 6.92 Å². The van der Waals surface area contributed by atoms with E-state index in [0.717, 1.165) is 22.3 Å². The largest absolute Gasteiger partial charge is 0.399 e. The maximum Gasteiger partial charge on any atom is 0.143 e. The van der Waals surface area contributed by atoms with Crippen molar-refractivity contribution in [3.63, 3.8) is 0 Å². The third kappa shape index (κ3) is 2.26. The smallest absolute Gasteiger partial charge is 0.143 e. The first-order valence-corrected chi connectivity index (χ1v) is 7.08. The second-order valence-electron chi connectivity index (χ2n) is 5.11. The molecule has 0 aliphatic rings. The number of fused-ring (bicyclic) bond motifs is 1. The Labute approximate surface area is 127 Å². The van der Waals surface area contributed by atoms with Gasteiger partial charge in [-0.15, -0.1) is 0 Å². The maximum atomic E-state index is 10.0. The molecule has 0 aliphatic carbocycles. The van der Waals surface area contributed by atoms with Crippen molar-refractivity contribution in [3.05, 3.63) is 52.8 Å². The lowest BCUT2D eigenvalue weighted by Gasteiger charge is -2.14. The van der Waals surface area contributed by atoms with Gasteiger partial charge in [-0.25, -0.2) is 4.98 Å². The topological polar surface area (TPSA) is 64.1 Å². The molecule has 0 aliphatic heterocycles. The first kappa shape index (κ1) is 13.9. The van der Waals surface area contributed by atoms with Gasteiger partial charge in [0.2, 0.25) is 0 Å². The summed E-state index contributed by atoms with van der Waals surface area (Å²) in [5.41, 5.74) is 9.96. The van der Waals surface area contributed by atoms with Crippen LogP contribution in [0.4, 0.5) is 5.69 Å². The van der Waals surface area contributed by atoms with Gasteiger partial charge in [-0.05, 0) is 49.7 Å². The van der Waals surface area contributed by atoms with E-state index in [-0.39, 0.29) is 0 Å². The van der Waals surface area contributed by atoms with Gasteiger partial charge in [0.1, 0.15) is 11.9 Å². The second-order valence-corrected chi connectivity index (χ2v) is 5.52.